The van der Waals surface area contributed by atoms with Crippen LogP contribution in [0.5, 0.6) is 5.75 Å². The van der Waals surface area contributed by atoms with E-state index >= 15 is 0 Å². The monoisotopic (exact) mass is 486 g/mol. The average molecular weight is 487 g/mol. The van der Waals surface area contributed by atoms with Crippen molar-refractivity contribution in [3.63, 3.8) is 0 Å². The second kappa shape index (κ2) is 8.12. The van der Waals surface area contributed by atoms with Crippen molar-refractivity contribution in [1.29, 1.82) is 0 Å². The van der Waals surface area contributed by atoms with Crippen LogP contribution >= 0.6 is 15.9 Å². The van der Waals surface area contributed by atoms with E-state index in [1.54, 1.807) is 43.5 Å². The number of carbonyl (C=O) groups excluding carboxylic acids is 1. The molecule has 0 aliphatic carbocycles. The maximum Gasteiger partial charge on any atom is 0.265 e. The van der Waals surface area contributed by atoms with Crippen LogP contribution in [-0.2, 0) is 21.4 Å². The third kappa shape index (κ3) is 3.68. The smallest absolute Gasteiger partial charge is 0.265 e. The summed E-state index contributed by atoms with van der Waals surface area (Å²) in [5, 5.41) is 2.79. The van der Waals surface area contributed by atoms with Crippen LogP contribution in [0, 0.1) is 0 Å². The Hall–Kier alpha value is -2.84. The van der Waals surface area contributed by atoms with E-state index in [0.717, 1.165) is 19.9 Å². The molecule has 6 nitrogen and oxygen atoms in total. The van der Waals surface area contributed by atoms with Gasteiger partial charge in [-0.25, -0.2) is 8.42 Å². The SMILES string of the molecule is COc1ccccc1CNC(=O)CN1c2ccc(Br)cc2-c2ccccc2S1(=O)=O. The highest BCUT2D eigenvalue weighted by Gasteiger charge is 2.35. The van der Waals surface area contributed by atoms with Gasteiger partial charge in [0.05, 0.1) is 17.7 Å². The van der Waals surface area contributed by atoms with Gasteiger partial charge in [-0.15, -0.1) is 0 Å². The second-order valence-corrected chi connectivity index (χ2v) is 9.50. The van der Waals surface area contributed by atoms with E-state index in [1.165, 1.54) is 0 Å². The fourth-order valence-corrected chi connectivity index (χ4v) is 5.51. The summed E-state index contributed by atoms with van der Waals surface area (Å²) in [6.07, 6.45) is 0. The molecule has 8 heteroatoms. The molecule has 0 saturated carbocycles. The lowest BCUT2D eigenvalue weighted by atomic mass is 10.0. The number of nitrogens with one attached hydrogen (secondary N) is 1. The highest BCUT2D eigenvalue weighted by Crippen LogP contribution is 2.43. The van der Waals surface area contributed by atoms with Crippen LogP contribution in [0.3, 0.4) is 0 Å². The van der Waals surface area contributed by atoms with Gasteiger partial charge in [0, 0.05) is 27.7 Å². The number of hydrogen-bond donors (Lipinski definition) is 1. The zero-order valence-corrected chi connectivity index (χ0v) is 18.5. The Labute approximate surface area is 183 Å². The van der Waals surface area contributed by atoms with Gasteiger partial charge in [-0.2, -0.15) is 0 Å². The van der Waals surface area contributed by atoms with Crippen LogP contribution in [0.2, 0.25) is 0 Å². The number of hydrogen-bond acceptors (Lipinski definition) is 4. The number of sulfonamides is 1. The third-order valence-electron chi connectivity index (χ3n) is 4.93. The van der Waals surface area contributed by atoms with E-state index in [-0.39, 0.29) is 18.0 Å². The van der Waals surface area contributed by atoms with Gasteiger partial charge in [0.15, 0.2) is 0 Å². The lowest BCUT2D eigenvalue weighted by Gasteiger charge is -2.31. The van der Waals surface area contributed by atoms with E-state index in [9.17, 15) is 13.2 Å². The van der Waals surface area contributed by atoms with Gasteiger partial charge < -0.3 is 10.1 Å². The first-order chi connectivity index (χ1) is 14.4. The molecule has 1 heterocycles. The molecule has 0 bridgehead atoms. The largest absolute Gasteiger partial charge is 0.496 e. The molecule has 4 rings (SSSR count). The minimum absolute atomic E-state index is 0.188. The molecule has 0 spiro atoms. The molecule has 154 valence electrons. The second-order valence-electron chi connectivity index (χ2n) is 6.76. The molecule has 3 aromatic rings. The molecule has 0 aromatic heterocycles. The van der Waals surface area contributed by atoms with Crippen LogP contribution in [0.1, 0.15) is 5.56 Å². The van der Waals surface area contributed by atoms with Crippen LogP contribution in [-0.4, -0.2) is 28.0 Å². The van der Waals surface area contributed by atoms with E-state index in [1.807, 2.05) is 30.3 Å². The van der Waals surface area contributed by atoms with Crippen molar-refractivity contribution in [1.82, 2.24) is 5.32 Å². The number of benzene rings is 3. The first-order valence-corrected chi connectivity index (χ1v) is 11.5. The van der Waals surface area contributed by atoms with E-state index < -0.39 is 15.9 Å². The summed E-state index contributed by atoms with van der Waals surface area (Å²) in [6.45, 7) is -0.0824. The number of anilines is 1. The number of nitrogens with zero attached hydrogens (tertiary/aromatic N) is 1. The first-order valence-electron chi connectivity index (χ1n) is 9.22. The number of para-hydroxylation sites is 1. The van der Waals surface area contributed by atoms with Gasteiger partial charge >= 0.3 is 0 Å². The number of amides is 1. The van der Waals surface area contributed by atoms with Crippen LogP contribution in [0.15, 0.2) is 76.1 Å². The number of halogens is 1. The molecule has 30 heavy (non-hydrogen) atoms. The van der Waals surface area contributed by atoms with Crippen molar-refractivity contribution in [2.75, 3.05) is 18.0 Å². The van der Waals surface area contributed by atoms with E-state index in [4.69, 9.17) is 4.74 Å². The minimum atomic E-state index is -3.87. The Bertz CT molecular complexity index is 1230. The molecule has 3 aromatic carbocycles. The van der Waals surface area contributed by atoms with Crippen molar-refractivity contribution < 1.29 is 17.9 Å². The standard InChI is InChI=1S/C22H19BrN2O4S/c1-29-20-8-4-2-6-15(20)13-24-22(26)14-25-19-11-10-16(23)12-18(19)17-7-3-5-9-21(17)30(25,27)28/h2-12H,13-14H2,1H3,(H,24,26). The summed E-state index contributed by atoms with van der Waals surface area (Å²) in [4.78, 5) is 12.9. The molecule has 0 radical (unpaired) electrons. The first kappa shape index (κ1) is 20.4. The Morgan fingerprint density at radius 1 is 1.03 bits per heavy atom. The quantitative estimate of drug-likeness (QED) is 0.592. The fourth-order valence-electron chi connectivity index (χ4n) is 3.50. The maximum absolute atomic E-state index is 13.3. The van der Waals surface area contributed by atoms with Gasteiger partial charge in [-0.05, 0) is 30.3 Å². The number of carbonyl (C=O) groups is 1. The minimum Gasteiger partial charge on any atom is -0.496 e. The summed E-state index contributed by atoms with van der Waals surface area (Å²) < 4.78 is 33.8. The van der Waals surface area contributed by atoms with Crippen molar-refractivity contribution in [3.05, 3.63) is 76.8 Å². The lowest BCUT2D eigenvalue weighted by Crippen LogP contribution is -2.42. The molecule has 0 saturated heterocycles. The highest BCUT2D eigenvalue weighted by molar-refractivity contribution is 9.10. The predicted octanol–water partition coefficient (Wildman–Crippen LogP) is 3.95. The highest BCUT2D eigenvalue weighted by atomic mass is 79.9. The summed E-state index contributed by atoms with van der Waals surface area (Å²) in [5.74, 6) is 0.255. The molecular formula is C22H19BrN2O4S. The summed E-state index contributed by atoms with van der Waals surface area (Å²) >= 11 is 3.45. The predicted molar refractivity (Wildman–Crippen MR) is 119 cm³/mol. The molecule has 0 unspecified atom stereocenters. The van der Waals surface area contributed by atoms with Gasteiger partial charge in [-0.1, -0.05) is 52.3 Å². The molecule has 0 fully saturated rings. The third-order valence-corrected chi connectivity index (χ3v) is 7.24. The Kier molecular flexibility index (Phi) is 5.53. The van der Waals surface area contributed by atoms with E-state index in [0.29, 0.717) is 17.0 Å². The summed E-state index contributed by atoms with van der Waals surface area (Å²) in [5.41, 5.74) is 2.67. The number of rotatable bonds is 5. The zero-order chi connectivity index (χ0) is 21.3. The zero-order valence-electron chi connectivity index (χ0n) is 16.1. The Morgan fingerprint density at radius 2 is 1.77 bits per heavy atom. The molecule has 1 N–H and O–H groups in total. The molecule has 1 amide bonds. The van der Waals surface area contributed by atoms with Gasteiger partial charge in [0.25, 0.3) is 10.0 Å². The number of ether oxygens (including phenoxy) is 1. The number of methoxy groups -OCH3 is 1. The van der Waals surface area contributed by atoms with Crippen LogP contribution in [0.25, 0.3) is 11.1 Å². The Morgan fingerprint density at radius 3 is 2.57 bits per heavy atom. The summed E-state index contributed by atoms with van der Waals surface area (Å²) in [7, 11) is -2.30. The molecule has 0 atom stereocenters. The van der Waals surface area contributed by atoms with Crippen LogP contribution < -0.4 is 14.4 Å². The molecule has 1 aliphatic heterocycles. The van der Waals surface area contributed by atoms with Crippen molar-refractivity contribution in [3.8, 4) is 16.9 Å². The lowest BCUT2D eigenvalue weighted by molar-refractivity contribution is -0.119. The van der Waals surface area contributed by atoms with Gasteiger partial charge in [-0.3, -0.25) is 9.10 Å². The van der Waals surface area contributed by atoms with Gasteiger partial charge in [0.1, 0.15) is 12.3 Å². The van der Waals surface area contributed by atoms with Crippen LogP contribution in [0.4, 0.5) is 5.69 Å². The molecule has 1 aliphatic rings. The molecular weight excluding hydrogens is 468 g/mol. The topological polar surface area (TPSA) is 75.7 Å². The van der Waals surface area contributed by atoms with Crippen molar-refractivity contribution in [2.45, 2.75) is 11.4 Å². The van der Waals surface area contributed by atoms with Gasteiger partial charge in [0.2, 0.25) is 5.91 Å². The van der Waals surface area contributed by atoms with Crippen molar-refractivity contribution in [2.24, 2.45) is 0 Å². The number of fused-ring (bicyclic) bond motifs is 3. The van der Waals surface area contributed by atoms with Crippen molar-refractivity contribution >= 4 is 37.5 Å². The fraction of sp³-hybridized carbons (Fsp3) is 0.136. The maximum atomic E-state index is 13.3. The average Bonchev–Trinajstić information content (AvgIpc) is 2.75. The Balaban J connectivity index is 1.63. The van der Waals surface area contributed by atoms with E-state index in [2.05, 4.69) is 21.2 Å². The normalized spacial score (nSPS) is 13.9. The summed E-state index contributed by atoms with van der Waals surface area (Å²) in [6, 6.07) is 19.5.